The third-order valence-electron chi connectivity index (χ3n) is 4.15. The van der Waals surface area contributed by atoms with Crippen LogP contribution in [0.4, 0.5) is 0 Å². The van der Waals surface area contributed by atoms with Crippen LogP contribution in [0.3, 0.4) is 0 Å². The minimum atomic E-state index is -3.56. The van der Waals surface area contributed by atoms with Crippen molar-refractivity contribution in [2.45, 2.75) is 56.6 Å². The Morgan fingerprint density at radius 3 is 2.54 bits per heavy atom. The van der Waals surface area contributed by atoms with Gasteiger partial charge in [-0.25, -0.2) is 18.1 Å². The molecule has 24 heavy (non-hydrogen) atoms. The standard InChI is InChI=1S/C15H21N5O3S/c1-10-15(11(2)19-18-10)24(21,22)20-12-3-5-13(6-4-12)23-14-9-16-7-8-17-14/h7-9,12-13,20H,3-6H2,1-2H3,(H,18,19). The van der Waals surface area contributed by atoms with E-state index in [0.29, 0.717) is 17.3 Å². The number of aromatic nitrogens is 4. The van der Waals surface area contributed by atoms with E-state index >= 15 is 0 Å². The van der Waals surface area contributed by atoms with Gasteiger partial charge in [0.1, 0.15) is 11.0 Å². The van der Waals surface area contributed by atoms with Gasteiger partial charge in [-0.3, -0.25) is 10.1 Å². The molecule has 2 aromatic rings. The second-order valence-electron chi connectivity index (χ2n) is 6.02. The number of rotatable bonds is 5. The second-order valence-corrected chi connectivity index (χ2v) is 7.67. The van der Waals surface area contributed by atoms with Crippen LogP contribution in [0.1, 0.15) is 37.1 Å². The molecule has 0 amide bonds. The van der Waals surface area contributed by atoms with Gasteiger partial charge in [0.2, 0.25) is 15.9 Å². The molecule has 2 aromatic heterocycles. The topological polar surface area (TPSA) is 110 Å². The molecule has 0 aromatic carbocycles. The molecule has 9 heteroatoms. The van der Waals surface area contributed by atoms with Gasteiger partial charge in [0, 0.05) is 18.4 Å². The van der Waals surface area contributed by atoms with Crippen molar-refractivity contribution in [1.82, 2.24) is 24.9 Å². The molecule has 0 spiro atoms. The van der Waals surface area contributed by atoms with Crippen LogP contribution in [0, 0.1) is 13.8 Å². The quantitative estimate of drug-likeness (QED) is 0.844. The molecule has 0 aliphatic heterocycles. The molecule has 2 N–H and O–H groups in total. The van der Waals surface area contributed by atoms with Gasteiger partial charge >= 0.3 is 0 Å². The highest BCUT2D eigenvalue weighted by atomic mass is 32.2. The summed E-state index contributed by atoms with van der Waals surface area (Å²) in [6.45, 7) is 3.39. The smallest absolute Gasteiger partial charge is 0.244 e. The van der Waals surface area contributed by atoms with Crippen LogP contribution in [-0.4, -0.2) is 40.7 Å². The molecule has 0 unspecified atom stereocenters. The van der Waals surface area contributed by atoms with Gasteiger partial charge in [0.25, 0.3) is 0 Å². The van der Waals surface area contributed by atoms with Crippen molar-refractivity contribution in [3.05, 3.63) is 30.0 Å². The molecule has 0 atom stereocenters. The van der Waals surface area contributed by atoms with Gasteiger partial charge in [-0.1, -0.05) is 0 Å². The Morgan fingerprint density at radius 2 is 1.96 bits per heavy atom. The summed E-state index contributed by atoms with van der Waals surface area (Å²) >= 11 is 0. The molecule has 130 valence electrons. The summed E-state index contributed by atoms with van der Waals surface area (Å²) in [5.41, 5.74) is 1.04. The van der Waals surface area contributed by atoms with E-state index in [4.69, 9.17) is 4.74 Å². The largest absolute Gasteiger partial charge is 0.473 e. The van der Waals surface area contributed by atoms with Crippen molar-refractivity contribution < 1.29 is 13.2 Å². The highest BCUT2D eigenvalue weighted by Gasteiger charge is 2.29. The Hall–Kier alpha value is -2.00. The Balaban J connectivity index is 1.57. The van der Waals surface area contributed by atoms with E-state index in [2.05, 4.69) is 24.9 Å². The molecular formula is C15H21N5O3S. The van der Waals surface area contributed by atoms with Crippen LogP contribution in [0.2, 0.25) is 0 Å². The van der Waals surface area contributed by atoms with E-state index in [0.717, 1.165) is 25.7 Å². The molecule has 0 saturated heterocycles. The summed E-state index contributed by atoms with van der Waals surface area (Å²) in [6.07, 6.45) is 7.79. The molecule has 1 fully saturated rings. The lowest BCUT2D eigenvalue weighted by atomic mass is 9.94. The predicted molar refractivity (Wildman–Crippen MR) is 87.1 cm³/mol. The van der Waals surface area contributed by atoms with Crippen LogP contribution in [0.25, 0.3) is 0 Å². The first-order valence-electron chi connectivity index (χ1n) is 7.92. The maximum Gasteiger partial charge on any atom is 0.244 e. The van der Waals surface area contributed by atoms with Crippen molar-refractivity contribution in [3.63, 3.8) is 0 Å². The van der Waals surface area contributed by atoms with Crippen molar-refractivity contribution in [3.8, 4) is 5.88 Å². The Kier molecular flexibility index (Phi) is 4.81. The first kappa shape index (κ1) is 16.8. The third kappa shape index (κ3) is 3.73. The summed E-state index contributed by atoms with van der Waals surface area (Å²) in [5.74, 6) is 0.506. The van der Waals surface area contributed by atoms with E-state index in [-0.39, 0.29) is 17.0 Å². The van der Waals surface area contributed by atoms with Gasteiger partial charge < -0.3 is 4.74 Å². The number of ether oxygens (including phenoxy) is 1. The van der Waals surface area contributed by atoms with Gasteiger partial charge in [-0.2, -0.15) is 5.10 Å². The zero-order valence-corrected chi connectivity index (χ0v) is 14.5. The zero-order valence-electron chi connectivity index (χ0n) is 13.7. The highest BCUT2D eigenvalue weighted by molar-refractivity contribution is 7.89. The fourth-order valence-corrected chi connectivity index (χ4v) is 4.71. The normalized spacial score (nSPS) is 21.6. The molecule has 1 aliphatic carbocycles. The zero-order chi connectivity index (χ0) is 17.2. The predicted octanol–water partition coefficient (Wildman–Crippen LogP) is 1.49. The van der Waals surface area contributed by atoms with Crippen molar-refractivity contribution in [2.75, 3.05) is 0 Å². The number of hydrogen-bond donors (Lipinski definition) is 2. The van der Waals surface area contributed by atoms with Crippen molar-refractivity contribution >= 4 is 10.0 Å². The van der Waals surface area contributed by atoms with Crippen LogP contribution in [0.5, 0.6) is 5.88 Å². The number of H-pyrrole nitrogens is 1. The van der Waals surface area contributed by atoms with Gasteiger partial charge in [0.15, 0.2) is 0 Å². The van der Waals surface area contributed by atoms with Crippen LogP contribution in [0.15, 0.2) is 23.5 Å². The Bertz CT molecular complexity index is 763. The summed E-state index contributed by atoms with van der Waals surface area (Å²) in [4.78, 5) is 8.32. The maximum absolute atomic E-state index is 12.6. The summed E-state index contributed by atoms with van der Waals surface area (Å²) in [7, 11) is -3.56. The lowest BCUT2D eigenvalue weighted by Gasteiger charge is -2.28. The van der Waals surface area contributed by atoms with Gasteiger partial charge in [-0.15, -0.1) is 0 Å². The number of nitrogens with one attached hydrogen (secondary N) is 2. The monoisotopic (exact) mass is 351 g/mol. The van der Waals surface area contributed by atoms with Crippen LogP contribution < -0.4 is 9.46 Å². The van der Waals surface area contributed by atoms with Crippen molar-refractivity contribution in [1.29, 1.82) is 0 Å². The van der Waals surface area contributed by atoms with Gasteiger partial charge in [-0.05, 0) is 39.5 Å². The maximum atomic E-state index is 12.6. The molecule has 1 aliphatic rings. The lowest BCUT2D eigenvalue weighted by molar-refractivity contribution is 0.138. The van der Waals surface area contributed by atoms with Crippen LogP contribution in [-0.2, 0) is 10.0 Å². The number of aromatic amines is 1. The van der Waals surface area contributed by atoms with Crippen LogP contribution >= 0.6 is 0 Å². The number of aryl methyl sites for hydroxylation is 2. The molecule has 2 heterocycles. The lowest BCUT2D eigenvalue weighted by Crippen LogP contribution is -2.40. The minimum Gasteiger partial charge on any atom is -0.473 e. The van der Waals surface area contributed by atoms with E-state index in [1.807, 2.05) is 0 Å². The fourth-order valence-electron chi connectivity index (χ4n) is 3.03. The molecule has 1 saturated carbocycles. The molecule has 8 nitrogen and oxygen atoms in total. The summed E-state index contributed by atoms with van der Waals surface area (Å²) < 4.78 is 33.7. The molecular weight excluding hydrogens is 330 g/mol. The van der Waals surface area contributed by atoms with E-state index < -0.39 is 10.0 Å². The Labute approximate surface area is 141 Å². The fraction of sp³-hybridized carbons (Fsp3) is 0.533. The minimum absolute atomic E-state index is 0.0415. The molecule has 0 bridgehead atoms. The second kappa shape index (κ2) is 6.86. The van der Waals surface area contributed by atoms with E-state index in [9.17, 15) is 8.42 Å². The number of sulfonamides is 1. The Morgan fingerprint density at radius 1 is 1.21 bits per heavy atom. The van der Waals surface area contributed by atoms with E-state index in [1.54, 1.807) is 32.4 Å². The first-order valence-corrected chi connectivity index (χ1v) is 9.40. The average Bonchev–Trinajstić information content (AvgIpc) is 2.90. The summed E-state index contributed by atoms with van der Waals surface area (Å²) in [6, 6.07) is -0.0922. The third-order valence-corrected chi connectivity index (χ3v) is 5.93. The highest BCUT2D eigenvalue weighted by Crippen LogP contribution is 2.25. The van der Waals surface area contributed by atoms with Crippen molar-refractivity contribution in [2.24, 2.45) is 0 Å². The first-order chi connectivity index (χ1) is 11.5. The average molecular weight is 351 g/mol. The summed E-state index contributed by atoms with van der Waals surface area (Å²) in [5, 5.41) is 6.67. The SMILES string of the molecule is Cc1n[nH]c(C)c1S(=O)(=O)NC1CCC(Oc2cnccn2)CC1. The number of hydrogen-bond acceptors (Lipinski definition) is 6. The number of nitrogens with zero attached hydrogens (tertiary/aromatic N) is 3. The molecule has 0 radical (unpaired) electrons. The molecule has 3 rings (SSSR count). The van der Waals surface area contributed by atoms with E-state index in [1.165, 1.54) is 0 Å². The van der Waals surface area contributed by atoms with Gasteiger partial charge in [0.05, 0.1) is 17.6 Å².